The van der Waals surface area contributed by atoms with Crippen molar-refractivity contribution in [3.05, 3.63) is 0 Å². The molecular formula is C11H17BrO2. The molecule has 0 amide bonds. The Morgan fingerprint density at radius 1 is 1.43 bits per heavy atom. The van der Waals surface area contributed by atoms with E-state index in [0.29, 0.717) is 17.2 Å². The van der Waals surface area contributed by atoms with Crippen LogP contribution in [0.15, 0.2) is 0 Å². The Morgan fingerprint density at radius 3 is 2.71 bits per heavy atom. The SMILES string of the molecule is CC1(C)C(Br)CC[C@]2(C)OC(=O)C[C@@H]12. The third-order valence-electron chi connectivity index (χ3n) is 4.05. The maximum absolute atomic E-state index is 11.4. The van der Waals surface area contributed by atoms with Gasteiger partial charge in [-0.05, 0) is 25.2 Å². The van der Waals surface area contributed by atoms with Crippen LogP contribution in [0.25, 0.3) is 0 Å². The maximum Gasteiger partial charge on any atom is 0.306 e. The predicted molar refractivity (Wildman–Crippen MR) is 58.3 cm³/mol. The zero-order valence-electron chi connectivity index (χ0n) is 8.97. The van der Waals surface area contributed by atoms with Gasteiger partial charge in [-0.3, -0.25) is 4.79 Å². The largest absolute Gasteiger partial charge is 0.459 e. The van der Waals surface area contributed by atoms with E-state index in [2.05, 4.69) is 36.7 Å². The first-order valence-electron chi connectivity index (χ1n) is 5.22. The number of carbonyl (C=O) groups is 1. The fourth-order valence-electron chi connectivity index (χ4n) is 3.03. The third-order valence-corrected chi connectivity index (χ3v) is 5.69. The summed E-state index contributed by atoms with van der Waals surface area (Å²) in [6.45, 7) is 6.55. The van der Waals surface area contributed by atoms with Crippen LogP contribution < -0.4 is 0 Å². The maximum atomic E-state index is 11.4. The highest BCUT2D eigenvalue weighted by Gasteiger charge is 2.57. The molecule has 1 saturated heterocycles. The molecule has 0 spiro atoms. The van der Waals surface area contributed by atoms with Gasteiger partial charge in [-0.25, -0.2) is 0 Å². The standard InChI is InChI=1S/C11H17BrO2/c1-10(2)7-6-9(13)14-11(7,3)5-4-8(10)12/h7-8H,4-6H2,1-3H3/t7-,8?,11-/m0/s1. The van der Waals surface area contributed by atoms with Gasteiger partial charge in [-0.15, -0.1) is 0 Å². The van der Waals surface area contributed by atoms with Crippen molar-refractivity contribution in [1.82, 2.24) is 0 Å². The van der Waals surface area contributed by atoms with Crippen molar-refractivity contribution in [1.29, 1.82) is 0 Å². The lowest BCUT2D eigenvalue weighted by molar-refractivity contribution is -0.151. The zero-order valence-corrected chi connectivity index (χ0v) is 10.6. The van der Waals surface area contributed by atoms with Gasteiger partial charge >= 0.3 is 5.97 Å². The number of carbonyl (C=O) groups excluding carboxylic acids is 1. The minimum absolute atomic E-state index is 0.0211. The molecule has 1 unspecified atom stereocenters. The molecule has 2 nitrogen and oxygen atoms in total. The number of ether oxygens (including phenoxy) is 1. The van der Waals surface area contributed by atoms with Crippen LogP contribution in [0.5, 0.6) is 0 Å². The molecule has 2 aliphatic rings. The summed E-state index contributed by atoms with van der Waals surface area (Å²) in [4.78, 5) is 11.9. The molecule has 0 aromatic heterocycles. The fraction of sp³-hybridized carbons (Fsp3) is 0.909. The van der Waals surface area contributed by atoms with Crippen molar-refractivity contribution in [2.75, 3.05) is 0 Å². The molecule has 2 rings (SSSR count). The molecule has 0 radical (unpaired) electrons. The zero-order chi connectivity index (χ0) is 10.6. The van der Waals surface area contributed by atoms with Crippen molar-refractivity contribution in [2.45, 2.75) is 50.5 Å². The Balaban J connectivity index is 2.33. The number of fused-ring (bicyclic) bond motifs is 1. The van der Waals surface area contributed by atoms with Crippen LogP contribution in [-0.4, -0.2) is 16.4 Å². The Hall–Kier alpha value is -0.0500. The van der Waals surface area contributed by atoms with Crippen LogP contribution in [0.2, 0.25) is 0 Å². The summed E-state index contributed by atoms with van der Waals surface area (Å²) in [7, 11) is 0. The van der Waals surface area contributed by atoms with Crippen LogP contribution in [0.1, 0.15) is 40.0 Å². The molecule has 0 bridgehead atoms. The highest BCUT2D eigenvalue weighted by molar-refractivity contribution is 9.09. The van der Waals surface area contributed by atoms with Crippen molar-refractivity contribution in [3.8, 4) is 0 Å². The highest BCUT2D eigenvalue weighted by atomic mass is 79.9. The molecule has 1 saturated carbocycles. The van der Waals surface area contributed by atoms with E-state index in [1.807, 2.05) is 0 Å². The summed E-state index contributed by atoms with van der Waals surface area (Å²) in [5.74, 6) is 0.341. The Labute approximate surface area is 93.5 Å². The molecule has 2 fully saturated rings. The smallest absolute Gasteiger partial charge is 0.306 e. The lowest BCUT2D eigenvalue weighted by Crippen LogP contribution is -2.49. The second-order valence-corrected chi connectivity index (χ2v) is 6.48. The number of rotatable bonds is 0. The second kappa shape index (κ2) is 2.97. The van der Waals surface area contributed by atoms with Crippen molar-refractivity contribution in [2.24, 2.45) is 11.3 Å². The summed E-state index contributed by atoms with van der Waals surface area (Å²) in [6, 6.07) is 0. The van der Waals surface area contributed by atoms with Gasteiger partial charge in [0.2, 0.25) is 0 Å². The number of hydrogen-bond acceptors (Lipinski definition) is 2. The molecular weight excluding hydrogens is 244 g/mol. The minimum atomic E-state index is -0.204. The normalized spacial score (nSPS) is 45.9. The van der Waals surface area contributed by atoms with Crippen molar-refractivity contribution >= 4 is 21.9 Å². The van der Waals surface area contributed by atoms with Gasteiger partial charge < -0.3 is 4.74 Å². The fourth-order valence-corrected chi connectivity index (χ4v) is 3.58. The highest BCUT2D eigenvalue weighted by Crippen LogP contribution is 2.55. The Morgan fingerprint density at radius 2 is 2.07 bits per heavy atom. The van der Waals surface area contributed by atoms with Crippen molar-refractivity contribution in [3.63, 3.8) is 0 Å². The van der Waals surface area contributed by atoms with E-state index in [0.717, 1.165) is 12.8 Å². The monoisotopic (exact) mass is 260 g/mol. The van der Waals surface area contributed by atoms with E-state index < -0.39 is 0 Å². The van der Waals surface area contributed by atoms with Gasteiger partial charge in [0.05, 0.1) is 6.42 Å². The van der Waals surface area contributed by atoms with Gasteiger partial charge in [0.25, 0.3) is 0 Å². The summed E-state index contributed by atoms with van der Waals surface area (Å²) in [5.41, 5.74) is -0.0516. The van der Waals surface area contributed by atoms with Gasteiger partial charge in [0.15, 0.2) is 0 Å². The first-order valence-corrected chi connectivity index (χ1v) is 6.14. The van der Waals surface area contributed by atoms with E-state index in [4.69, 9.17) is 4.74 Å². The summed E-state index contributed by atoms with van der Waals surface area (Å²) >= 11 is 3.72. The van der Waals surface area contributed by atoms with Crippen LogP contribution in [0.3, 0.4) is 0 Å². The van der Waals surface area contributed by atoms with Crippen LogP contribution >= 0.6 is 15.9 Å². The van der Waals surface area contributed by atoms with Crippen LogP contribution in [0, 0.1) is 11.3 Å². The average Bonchev–Trinajstić information content (AvgIpc) is 2.37. The summed E-state index contributed by atoms with van der Waals surface area (Å²) < 4.78 is 5.48. The number of alkyl halides is 1. The van der Waals surface area contributed by atoms with E-state index in [-0.39, 0.29) is 17.0 Å². The second-order valence-electron chi connectivity index (χ2n) is 5.37. The number of halogens is 1. The molecule has 0 aromatic rings. The number of hydrogen-bond donors (Lipinski definition) is 0. The predicted octanol–water partition coefficient (Wildman–Crippen LogP) is 2.89. The van der Waals surface area contributed by atoms with Gasteiger partial charge in [-0.1, -0.05) is 29.8 Å². The molecule has 80 valence electrons. The third kappa shape index (κ3) is 1.32. The summed E-state index contributed by atoms with van der Waals surface area (Å²) in [6.07, 6.45) is 2.67. The van der Waals surface area contributed by atoms with E-state index in [9.17, 15) is 4.79 Å². The minimum Gasteiger partial charge on any atom is -0.459 e. The topological polar surface area (TPSA) is 26.3 Å². The molecule has 14 heavy (non-hydrogen) atoms. The summed E-state index contributed by atoms with van der Waals surface area (Å²) in [5, 5.41) is 0. The van der Waals surface area contributed by atoms with Crippen LogP contribution in [0.4, 0.5) is 0 Å². The molecule has 3 heteroatoms. The molecule has 3 atom stereocenters. The molecule has 0 aromatic carbocycles. The van der Waals surface area contributed by atoms with Gasteiger partial charge in [0.1, 0.15) is 5.60 Å². The van der Waals surface area contributed by atoms with E-state index >= 15 is 0 Å². The lowest BCUT2D eigenvalue weighted by Gasteiger charge is -2.47. The van der Waals surface area contributed by atoms with Crippen molar-refractivity contribution < 1.29 is 9.53 Å². The van der Waals surface area contributed by atoms with Gasteiger partial charge in [0, 0.05) is 10.7 Å². The Kier molecular flexibility index (Phi) is 2.22. The number of esters is 1. The quantitative estimate of drug-likeness (QED) is 0.495. The molecule has 0 N–H and O–H groups in total. The molecule has 1 aliphatic carbocycles. The Bertz CT molecular complexity index is 274. The average molecular weight is 261 g/mol. The molecule has 1 aliphatic heterocycles. The molecule has 1 heterocycles. The van der Waals surface area contributed by atoms with Gasteiger partial charge in [-0.2, -0.15) is 0 Å². The van der Waals surface area contributed by atoms with Crippen LogP contribution in [-0.2, 0) is 9.53 Å². The first kappa shape index (κ1) is 10.5. The first-order chi connectivity index (χ1) is 6.36. The van der Waals surface area contributed by atoms with E-state index in [1.165, 1.54) is 0 Å². The van der Waals surface area contributed by atoms with E-state index in [1.54, 1.807) is 0 Å². The lowest BCUT2D eigenvalue weighted by atomic mass is 9.62.